The molecule has 1 atom stereocenters. The van der Waals surface area contributed by atoms with Gasteiger partial charge < -0.3 is 5.32 Å². The minimum atomic E-state index is -3.68. The van der Waals surface area contributed by atoms with Gasteiger partial charge in [-0.05, 0) is 60.4 Å². The Labute approximate surface area is 181 Å². The normalized spacial score (nSPS) is 17.7. The summed E-state index contributed by atoms with van der Waals surface area (Å²) in [5.74, 6) is -0.592. The average molecular weight is 443 g/mol. The summed E-state index contributed by atoms with van der Waals surface area (Å²) in [7, 11) is -3.68. The molecular weight excluding hydrogens is 420 g/mol. The molecule has 7 heteroatoms. The molecule has 1 amide bonds. The van der Waals surface area contributed by atoms with Gasteiger partial charge in [0.25, 0.3) is 0 Å². The Morgan fingerprint density at radius 2 is 1.83 bits per heavy atom. The molecule has 30 heavy (non-hydrogen) atoms. The first-order valence-electron chi connectivity index (χ1n) is 9.90. The number of nitrogens with zero attached hydrogens (tertiary/aromatic N) is 1. The first-order chi connectivity index (χ1) is 14.3. The molecule has 4 rings (SSSR count). The fourth-order valence-corrected chi connectivity index (χ4v) is 5.55. The first kappa shape index (κ1) is 20.8. The third-order valence-corrected chi connectivity index (χ3v) is 7.67. The van der Waals surface area contributed by atoms with Crippen LogP contribution in [0.15, 0.2) is 65.6 Å². The van der Waals surface area contributed by atoms with Crippen LogP contribution >= 0.6 is 11.6 Å². The third kappa shape index (κ3) is 4.21. The van der Waals surface area contributed by atoms with Crippen LogP contribution in [0.3, 0.4) is 0 Å². The molecule has 5 nitrogen and oxygen atoms in total. The summed E-state index contributed by atoms with van der Waals surface area (Å²) in [6, 6.07) is 18.1. The van der Waals surface area contributed by atoms with E-state index >= 15 is 0 Å². The summed E-state index contributed by atoms with van der Waals surface area (Å²) in [4.78, 5) is 13.1. The Kier molecular flexibility index (Phi) is 5.82. The van der Waals surface area contributed by atoms with Gasteiger partial charge in [0.2, 0.25) is 15.9 Å². The third-order valence-electron chi connectivity index (χ3n) is 5.57. The number of hydrogen-bond acceptors (Lipinski definition) is 3. The number of fused-ring (bicyclic) bond motifs is 1. The number of aryl methyl sites for hydroxylation is 1. The van der Waals surface area contributed by atoms with Gasteiger partial charge in [-0.3, -0.25) is 4.79 Å². The van der Waals surface area contributed by atoms with E-state index in [4.69, 9.17) is 11.6 Å². The van der Waals surface area contributed by atoms with Crippen LogP contribution in [0.2, 0.25) is 5.02 Å². The summed E-state index contributed by atoms with van der Waals surface area (Å²) in [6.45, 7) is 2.47. The Morgan fingerprint density at radius 3 is 2.63 bits per heavy atom. The van der Waals surface area contributed by atoms with Gasteiger partial charge in [0.15, 0.2) is 0 Å². The molecule has 0 aliphatic carbocycles. The van der Waals surface area contributed by atoms with Crippen molar-refractivity contribution in [2.75, 3.05) is 18.4 Å². The summed E-state index contributed by atoms with van der Waals surface area (Å²) < 4.78 is 27.9. The van der Waals surface area contributed by atoms with E-state index in [2.05, 4.69) is 5.32 Å². The van der Waals surface area contributed by atoms with Gasteiger partial charge in [-0.25, -0.2) is 8.42 Å². The average Bonchev–Trinajstić information content (AvgIpc) is 2.76. The quantitative estimate of drug-likeness (QED) is 0.628. The number of hydrogen-bond donors (Lipinski definition) is 1. The second-order valence-electron chi connectivity index (χ2n) is 7.66. The van der Waals surface area contributed by atoms with E-state index in [-0.39, 0.29) is 17.3 Å². The minimum absolute atomic E-state index is 0.167. The number of carbonyl (C=O) groups excluding carboxylic acids is 1. The zero-order valence-electron chi connectivity index (χ0n) is 16.6. The van der Waals surface area contributed by atoms with Crippen LogP contribution in [0.25, 0.3) is 10.8 Å². The molecule has 0 spiro atoms. The van der Waals surface area contributed by atoms with Crippen LogP contribution in [0.5, 0.6) is 0 Å². The fraction of sp³-hybridized carbons (Fsp3) is 0.261. The molecule has 1 heterocycles. The van der Waals surface area contributed by atoms with E-state index in [1.807, 2.05) is 43.3 Å². The lowest BCUT2D eigenvalue weighted by Gasteiger charge is -2.31. The second-order valence-corrected chi connectivity index (χ2v) is 10.0. The fourth-order valence-electron chi connectivity index (χ4n) is 3.82. The lowest BCUT2D eigenvalue weighted by molar-refractivity contribution is -0.120. The predicted octanol–water partition coefficient (Wildman–Crippen LogP) is 4.84. The van der Waals surface area contributed by atoms with Crippen LogP contribution < -0.4 is 5.32 Å². The highest BCUT2D eigenvalue weighted by molar-refractivity contribution is 7.89. The predicted molar refractivity (Wildman–Crippen MR) is 120 cm³/mol. The van der Waals surface area contributed by atoms with Gasteiger partial charge >= 0.3 is 0 Å². The van der Waals surface area contributed by atoms with Crippen molar-refractivity contribution < 1.29 is 13.2 Å². The number of rotatable bonds is 4. The summed E-state index contributed by atoms with van der Waals surface area (Å²) in [5, 5.41) is 5.32. The maximum Gasteiger partial charge on any atom is 0.243 e. The van der Waals surface area contributed by atoms with Crippen molar-refractivity contribution in [3.63, 3.8) is 0 Å². The van der Waals surface area contributed by atoms with Gasteiger partial charge in [-0.1, -0.05) is 48.0 Å². The molecule has 0 bridgehead atoms. The summed E-state index contributed by atoms with van der Waals surface area (Å²) >= 11 is 6.04. The molecule has 3 aromatic carbocycles. The maximum absolute atomic E-state index is 13.2. The number of benzene rings is 3. The Morgan fingerprint density at radius 1 is 1.07 bits per heavy atom. The molecule has 0 unspecified atom stereocenters. The van der Waals surface area contributed by atoms with Gasteiger partial charge in [0.1, 0.15) is 0 Å². The van der Waals surface area contributed by atoms with Crippen LogP contribution in [-0.2, 0) is 14.8 Å². The standard InChI is InChI=1S/C23H23ClN2O3S/c1-16-8-10-20(24)14-22(16)25-23(27)19-7-4-12-26(15-19)30(28,29)21-11-9-17-5-2-3-6-18(17)13-21/h2-3,5-6,8-11,13-14,19H,4,7,12,15H2,1H3,(H,25,27)/t19-/m0/s1. The smallest absolute Gasteiger partial charge is 0.243 e. The second kappa shape index (κ2) is 8.38. The molecule has 1 saturated heterocycles. The minimum Gasteiger partial charge on any atom is -0.326 e. The van der Waals surface area contributed by atoms with Crippen LogP contribution in [0, 0.1) is 12.8 Å². The van der Waals surface area contributed by atoms with E-state index in [1.54, 1.807) is 24.3 Å². The molecule has 1 aliphatic rings. The van der Waals surface area contributed by atoms with Gasteiger partial charge in [0.05, 0.1) is 10.8 Å². The first-order valence-corrected chi connectivity index (χ1v) is 11.7. The Hall–Kier alpha value is -2.41. The molecule has 0 aromatic heterocycles. The molecule has 0 radical (unpaired) electrons. The largest absolute Gasteiger partial charge is 0.326 e. The number of carbonyl (C=O) groups is 1. The SMILES string of the molecule is Cc1ccc(Cl)cc1NC(=O)[C@H]1CCCN(S(=O)(=O)c2ccc3ccccc3c2)C1. The summed E-state index contributed by atoms with van der Waals surface area (Å²) in [6.07, 6.45) is 1.29. The molecule has 3 aromatic rings. The van der Waals surface area contributed by atoms with Crippen molar-refractivity contribution in [2.24, 2.45) is 5.92 Å². The van der Waals surface area contributed by atoms with E-state index in [0.29, 0.717) is 30.1 Å². The monoisotopic (exact) mass is 442 g/mol. The lowest BCUT2D eigenvalue weighted by Crippen LogP contribution is -2.43. The summed E-state index contributed by atoms with van der Waals surface area (Å²) in [5.41, 5.74) is 1.56. The van der Waals surface area contributed by atoms with Crippen molar-refractivity contribution in [3.05, 3.63) is 71.2 Å². The van der Waals surface area contributed by atoms with E-state index in [9.17, 15) is 13.2 Å². The Balaban J connectivity index is 1.53. The number of anilines is 1. The molecule has 1 aliphatic heterocycles. The topological polar surface area (TPSA) is 66.5 Å². The highest BCUT2D eigenvalue weighted by Gasteiger charge is 2.33. The number of piperidine rings is 1. The van der Waals surface area contributed by atoms with E-state index in [1.165, 1.54) is 4.31 Å². The van der Waals surface area contributed by atoms with Crippen LogP contribution in [0.4, 0.5) is 5.69 Å². The molecule has 0 saturated carbocycles. The zero-order valence-corrected chi connectivity index (χ0v) is 18.2. The number of amides is 1. The highest BCUT2D eigenvalue weighted by atomic mass is 35.5. The van der Waals surface area contributed by atoms with Crippen molar-refractivity contribution >= 4 is 44.0 Å². The van der Waals surface area contributed by atoms with Crippen molar-refractivity contribution in [3.8, 4) is 0 Å². The van der Waals surface area contributed by atoms with Crippen molar-refractivity contribution in [2.45, 2.75) is 24.7 Å². The molecule has 156 valence electrons. The van der Waals surface area contributed by atoms with Crippen LogP contribution in [0.1, 0.15) is 18.4 Å². The van der Waals surface area contributed by atoms with Gasteiger partial charge in [0, 0.05) is 23.8 Å². The molecular formula is C23H23ClN2O3S. The number of halogens is 1. The van der Waals surface area contributed by atoms with Crippen molar-refractivity contribution in [1.82, 2.24) is 4.31 Å². The van der Waals surface area contributed by atoms with Gasteiger partial charge in [-0.15, -0.1) is 0 Å². The zero-order chi connectivity index (χ0) is 21.3. The van der Waals surface area contributed by atoms with E-state index in [0.717, 1.165) is 16.3 Å². The van der Waals surface area contributed by atoms with E-state index < -0.39 is 15.9 Å². The van der Waals surface area contributed by atoms with Gasteiger partial charge in [-0.2, -0.15) is 4.31 Å². The maximum atomic E-state index is 13.2. The number of sulfonamides is 1. The lowest BCUT2D eigenvalue weighted by atomic mass is 9.98. The number of nitrogens with one attached hydrogen (secondary N) is 1. The Bertz CT molecular complexity index is 1210. The molecule has 1 N–H and O–H groups in total. The van der Waals surface area contributed by atoms with Crippen molar-refractivity contribution in [1.29, 1.82) is 0 Å². The van der Waals surface area contributed by atoms with Crippen LogP contribution in [-0.4, -0.2) is 31.7 Å². The molecule has 1 fully saturated rings. The highest BCUT2D eigenvalue weighted by Crippen LogP contribution is 2.28.